The van der Waals surface area contributed by atoms with Crippen molar-refractivity contribution in [3.63, 3.8) is 0 Å². The van der Waals surface area contributed by atoms with Crippen molar-refractivity contribution in [1.82, 2.24) is 9.88 Å². The molecule has 0 unspecified atom stereocenters. The zero-order valence-electron chi connectivity index (χ0n) is 12.1. The summed E-state index contributed by atoms with van der Waals surface area (Å²) in [5, 5.41) is 3.53. The molecule has 2 saturated heterocycles. The van der Waals surface area contributed by atoms with E-state index in [1.54, 1.807) is 16.7 Å². The van der Waals surface area contributed by atoms with E-state index in [2.05, 4.69) is 16.4 Å². The van der Waals surface area contributed by atoms with Crippen LogP contribution in [0.2, 0.25) is 0 Å². The molecular formula is C15H15N3O2S2. The molecule has 2 aliphatic heterocycles. The quantitative estimate of drug-likeness (QED) is 0.918. The van der Waals surface area contributed by atoms with E-state index in [-0.39, 0.29) is 11.8 Å². The lowest BCUT2D eigenvalue weighted by Crippen LogP contribution is -2.48. The Morgan fingerprint density at radius 1 is 1.45 bits per heavy atom. The van der Waals surface area contributed by atoms with E-state index in [1.165, 1.54) is 16.9 Å². The van der Waals surface area contributed by atoms with Gasteiger partial charge in [-0.15, -0.1) is 11.8 Å². The number of aryl methyl sites for hydroxylation is 1. The highest BCUT2D eigenvalue weighted by Gasteiger charge is 2.54. The number of carbonyl (C=O) groups is 2. The lowest BCUT2D eigenvalue weighted by Gasteiger charge is -2.28. The van der Waals surface area contributed by atoms with Crippen LogP contribution in [0.1, 0.15) is 18.4 Å². The number of rotatable bonds is 2. The maximum Gasteiger partial charge on any atom is 0.262 e. The van der Waals surface area contributed by atoms with Crippen LogP contribution in [0.4, 0.5) is 5.13 Å². The maximum absolute atomic E-state index is 12.7. The first-order valence-corrected chi connectivity index (χ1v) is 9.02. The molecule has 2 fully saturated rings. The average molecular weight is 333 g/mol. The van der Waals surface area contributed by atoms with Gasteiger partial charge in [-0.25, -0.2) is 4.98 Å². The number of thiazole rings is 1. The maximum atomic E-state index is 12.7. The molecular weight excluding hydrogens is 318 g/mol. The minimum absolute atomic E-state index is 0.0834. The van der Waals surface area contributed by atoms with Crippen molar-refractivity contribution >= 4 is 50.3 Å². The minimum Gasteiger partial charge on any atom is -0.319 e. The van der Waals surface area contributed by atoms with Gasteiger partial charge in [0, 0.05) is 18.7 Å². The normalized spacial score (nSPS) is 24.0. The first-order chi connectivity index (χ1) is 10.6. The molecule has 0 spiro atoms. The molecule has 1 atom stereocenters. The second kappa shape index (κ2) is 4.96. The summed E-state index contributed by atoms with van der Waals surface area (Å²) in [6, 6.07) is 6.04. The van der Waals surface area contributed by atoms with Crippen LogP contribution in [0.3, 0.4) is 0 Å². The molecule has 0 saturated carbocycles. The molecule has 4 rings (SSSR count). The highest BCUT2D eigenvalue weighted by atomic mass is 32.2. The van der Waals surface area contributed by atoms with Gasteiger partial charge in [0.15, 0.2) is 10.0 Å². The zero-order chi connectivity index (χ0) is 15.3. The van der Waals surface area contributed by atoms with Gasteiger partial charge in [-0.3, -0.25) is 14.9 Å². The molecule has 114 valence electrons. The second-order valence-electron chi connectivity index (χ2n) is 5.62. The van der Waals surface area contributed by atoms with Gasteiger partial charge in [0.05, 0.1) is 10.2 Å². The number of benzene rings is 1. The molecule has 1 aromatic heterocycles. The molecule has 2 aromatic rings. The number of hydrogen-bond acceptors (Lipinski definition) is 5. The van der Waals surface area contributed by atoms with Crippen molar-refractivity contribution in [2.75, 3.05) is 17.6 Å². The monoisotopic (exact) mass is 333 g/mol. The Kier molecular flexibility index (Phi) is 3.16. The van der Waals surface area contributed by atoms with Gasteiger partial charge in [0.2, 0.25) is 5.91 Å². The largest absolute Gasteiger partial charge is 0.319 e. The van der Waals surface area contributed by atoms with Crippen molar-refractivity contribution in [3.05, 3.63) is 23.8 Å². The molecule has 3 heterocycles. The third kappa shape index (κ3) is 2.03. The standard InChI is InChI=1S/C15H15N3O2S2/c1-9-2-3-10-11(8-9)22-14(16-10)17-13(20)15-5-4-12(19)18(15)6-7-21-15/h2-3,8H,4-7H2,1H3,(H,16,17,20)/t15-/m0/s1. The Morgan fingerprint density at radius 3 is 3.18 bits per heavy atom. The third-order valence-corrected chi connectivity index (χ3v) is 6.60. The molecule has 2 aliphatic rings. The fraction of sp³-hybridized carbons (Fsp3) is 0.400. The van der Waals surface area contributed by atoms with Crippen molar-refractivity contribution in [2.24, 2.45) is 0 Å². The summed E-state index contributed by atoms with van der Waals surface area (Å²) in [6.45, 7) is 2.70. The van der Waals surface area contributed by atoms with Crippen LogP contribution in [0.15, 0.2) is 18.2 Å². The molecule has 0 bridgehead atoms. The summed E-state index contributed by atoms with van der Waals surface area (Å²) in [6.07, 6.45) is 1.05. The van der Waals surface area contributed by atoms with E-state index >= 15 is 0 Å². The Labute approximate surface area is 136 Å². The lowest BCUT2D eigenvalue weighted by molar-refractivity contribution is -0.133. The predicted molar refractivity (Wildman–Crippen MR) is 89.1 cm³/mol. The second-order valence-corrected chi connectivity index (χ2v) is 8.03. The van der Waals surface area contributed by atoms with E-state index in [0.717, 1.165) is 16.0 Å². The molecule has 22 heavy (non-hydrogen) atoms. The average Bonchev–Trinajstić information content (AvgIpc) is 3.14. The van der Waals surface area contributed by atoms with Crippen molar-refractivity contribution in [2.45, 2.75) is 24.6 Å². The van der Waals surface area contributed by atoms with Crippen LogP contribution in [-0.2, 0) is 9.59 Å². The molecule has 0 radical (unpaired) electrons. The zero-order valence-corrected chi connectivity index (χ0v) is 13.7. The Hall–Kier alpha value is -1.60. The number of hydrogen-bond donors (Lipinski definition) is 1. The molecule has 1 N–H and O–H groups in total. The van der Waals surface area contributed by atoms with Crippen LogP contribution in [0, 0.1) is 6.92 Å². The lowest BCUT2D eigenvalue weighted by atomic mass is 10.2. The first kappa shape index (κ1) is 14.0. The van der Waals surface area contributed by atoms with E-state index in [0.29, 0.717) is 24.5 Å². The van der Waals surface area contributed by atoms with Gasteiger partial charge in [-0.1, -0.05) is 17.4 Å². The molecule has 7 heteroatoms. The highest BCUT2D eigenvalue weighted by Crippen LogP contribution is 2.45. The number of fused-ring (bicyclic) bond motifs is 2. The van der Waals surface area contributed by atoms with E-state index in [1.807, 2.05) is 19.1 Å². The van der Waals surface area contributed by atoms with Crippen LogP contribution in [0.25, 0.3) is 10.2 Å². The van der Waals surface area contributed by atoms with Gasteiger partial charge in [-0.05, 0) is 31.0 Å². The van der Waals surface area contributed by atoms with Crippen LogP contribution in [-0.4, -0.2) is 38.9 Å². The first-order valence-electron chi connectivity index (χ1n) is 7.22. The van der Waals surface area contributed by atoms with E-state index in [9.17, 15) is 9.59 Å². The van der Waals surface area contributed by atoms with Crippen LogP contribution >= 0.6 is 23.1 Å². The topological polar surface area (TPSA) is 62.3 Å². The minimum atomic E-state index is -0.717. The summed E-state index contributed by atoms with van der Waals surface area (Å²) in [5.41, 5.74) is 2.06. The number of nitrogens with one attached hydrogen (secondary N) is 1. The summed E-state index contributed by atoms with van der Waals surface area (Å²) >= 11 is 3.05. The van der Waals surface area contributed by atoms with Gasteiger partial charge >= 0.3 is 0 Å². The Morgan fingerprint density at radius 2 is 2.32 bits per heavy atom. The van der Waals surface area contributed by atoms with Crippen LogP contribution < -0.4 is 5.32 Å². The third-order valence-electron chi connectivity index (χ3n) is 4.19. The van der Waals surface area contributed by atoms with Gasteiger partial charge in [0.1, 0.15) is 0 Å². The highest BCUT2D eigenvalue weighted by molar-refractivity contribution is 8.01. The molecule has 5 nitrogen and oxygen atoms in total. The summed E-state index contributed by atoms with van der Waals surface area (Å²) in [4.78, 5) is 30.1. The van der Waals surface area contributed by atoms with Gasteiger partial charge < -0.3 is 4.90 Å². The van der Waals surface area contributed by atoms with Crippen molar-refractivity contribution in [3.8, 4) is 0 Å². The number of carbonyl (C=O) groups excluding carboxylic acids is 2. The van der Waals surface area contributed by atoms with Gasteiger partial charge in [0.25, 0.3) is 5.91 Å². The molecule has 2 amide bonds. The number of anilines is 1. The van der Waals surface area contributed by atoms with E-state index in [4.69, 9.17) is 0 Å². The van der Waals surface area contributed by atoms with E-state index < -0.39 is 4.87 Å². The number of nitrogens with zero attached hydrogens (tertiary/aromatic N) is 2. The predicted octanol–water partition coefficient (Wildman–Crippen LogP) is 2.61. The number of amides is 2. The smallest absolute Gasteiger partial charge is 0.262 e. The summed E-state index contributed by atoms with van der Waals surface area (Å²) in [5.74, 6) is 0.787. The Balaban J connectivity index is 1.62. The van der Waals surface area contributed by atoms with Crippen molar-refractivity contribution in [1.29, 1.82) is 0 Å². The summed E-state index contributed by atoms with van der Waals surface area (Å²) in [7, 11) is 0. The Bertz CT molecular complexity index is 788. The number of aromatic nitrogens is 1. The molecule has 1 aromatic carbocycles. The molecule has 0 aliphatic carbocycles. The SMILES string of the molecule is Cc1ccc2nc(NC(=O)[C@@]34CCC(=O)N3CCS4)sc2c1. The fourth-order valence-corrected chi connectivity index (χ4v) is 5.44. The van der Waals surface area contributed by atoms with Crippen LogP contribution in [0.5, 0.6) is 0 Å². The fourth-order valence-electron chi connectivity index (χ4n) is 3.09. The van der Waals surface area contributed by atoms with Gasteiger partial charge in [-0.2, -0.15) is 0 Å². The van der Waals surface area contributed by atoms with Crippen molar-refractivity contribution < 1.29 is 9.59 Å². The summed E-state index contributed by atoms with van der Waals surface area (Å²) < 4.78 is 1.06. The number of thioether (sulfide) groups is 1.